The van der Waals surface area contributed by atoms with Crippen LogP contribution in [0.3, 0.4) is 0 Å². The molecule has 2 heteroatoms. The zero-order valence-electron chi connectivity index (χ0n) is 8.63. The van der Waals surface area contributed by atoms with Crippen molar-refractivity contribution in [1.29, 1.82) is 0 Å². The highest BCUT2D eigenvalue weighted by molar-refractivity contribution is 5.82. The third-order valence-corrected chi connectivity index (χ3v) is 2.91. The van der Waals surface area contributed by atoms with E-state index in [-0.39, 0.29) is 5.92 Å². The second kappa shape index (κ2) is 4.43. The van der Waals surface area contributed by atoms with E-state index in [4.69, 9.17) is 0 Å². The molecule has 1 heterocycles. The third-order valence-electron chi connectivity index (χ3n) is 2.91. The van der Waals surface area contributed by atoms with Crippen molar-refractivity contribution in [3.05, 3.63) is 0 Å². The molecule has 1 aliphatic heterocycles. The SMILES string of the molecule is CC#CCN1CCC(=O)C(C)C1C. The van der Waals surface area contributed by atoms with E-state index in [1.54, 1.807) is 0 Å². The lowest BCUT2D eigenvalue weighted by atomic mass is 9.91. The molecule has 1 saturated heterocycles. The van der Waals surface area contributed by atoms with E-state index in [0.29, 0.717) is 18.2 Å². The molecular weight excluding hydrogens is 162 g/mol. The monoisotopic (exact) mass is 179 g/mol. The Labute approximate surface area is 80.3 Å². The van der Waals surface area contributed by atoms with Gasteiger partial charge in [0.25, 0.3) is 0 Å². The van der Waals surface area contributed by atoms with Gasteiger partial charge in [0.15, 0.2) is 0 Å². The minimum atomic E-state index is 0.174. The van der Waals surface area contributed by atoms with E-state index >= 15 is 0 Å². The molecule has 2 nitrogen and oxygen atoms in total. The number of likely N-dealkylation sites (tertiary alicyclic amines) is 1. The maximum absolute atomic E-state index is 11.4. The molecule has 2 unspecified atom stereocenters. The van der Waals surface area contributed by atoms with Crippen LogP contribution in [-0.4, -0.2) is 29.8 Å². The molecule has 0 aromatic carbocycles. The van der Waals surface area contributed by atoms with Crippen LogP contribution in [0.1, 0.15) is 27.2 Å². The molecule has 13 heavy (non-hydrogen) atoms. The van der Waals surface area contributed by atoms with E-state index in [1.165, 1.54) is 0 Å². The van der Waals surface area contributed by atoms with Gasteiger partial charge in [-0.25, -0.2) is 0 Å². The van der Waals surface area contributed by atoms with Crippen molar-refractivity contribution >= 4 is 5.78 Å². The topological polar surface area (TPSA) is 20.3 Å². The second-order valence-electron chi connectivity index (χ2n) is 3.64. The van der Waals surface area contributed by atoms with Crippen LogP contribution in [0.2, 0.25) is 0 Å². The van der Waals surface area contributed by atoms with E-state index in [0.717, 1.165) is 13.1 Å². The largest absolute Gasteiger partial charge is 0.299 e. The average molecular weight is 179 g/mol. The standard InChI is InChI=1S/C11H17NO/c1-4-5-7-12-8-6-11(13)9(2)10(12)3/h9-10H,6-8H2,1-3H3. The summed E-state index contributed by atoms with van der Waals surface area (Å²) in [5, 5.41) is 0. The summed E-state index contributed by atoms with van der Waals surface area (Å²) in [4.78, 5) is 13.6. The van der Waals surface area contributed by atoms with Gasteiger partial charge in [-0.05, 0) is 13.8 Å². The quantitative estimate of drug-likeness (QED) is 0.566. The summed E-state index contributed by atoms with van der Waals surface area (Å²) >= 11 is 0. The molecule has 2 atom stereocenters. The summed E-state index contributed by atoms with van der Waals surface area (Å²) in [6.45, 7) is 7.65. The normalized spacial score (nSPS) is 29.6. The second-order valence-corrected chi connectivity index (χ2v) is 3.64. The predicted octanol–water partition coefficient (Wildman–Crippen LogP) is 1.31. The summed E-state index contributed by atoms with van der Waals surface area (Å²) in [6.07, 6.45) is 0.691. The van der Waals surface area contributed by atoms with Crippen LogP contribution in [0, 0.1) is 17.8 Å². The average Bonchev–Trinajstić information content (AvgIpc) is 2.13. The van der Waals surface area contributed by atoms with E-state index in [9.17, 15) is 4.79 Å². The molecule has 0 radical (unpaired) electrons. The van der Waals surface area contributed by atoms with Gasteiger partial charge in [0.2, 0.25) is 0 Å². The summed E-state index contributed by atoms with van der Waals surface area (Å²) in [5.74, 6) is 6.50. The highest BCUT2D eigenvalue weighted by Crippen LogP contribution is 2.19. The predicted molar refractivity (Wildman–Crippen MR) is 53.3 cm³/mol. The van der Waals surface area contributed by atoms with Crippen LogP contribution in [0.4, 0.5) is 0 Å². The van der Waals surface area contributed by atoms with Crippen LogP contribution >= 0.6 is 0 Å². The van der Waals surface area contributed by atoms with Gasteiger partial charge in [0, 0.05) is 24.9 Å². The van der Waals surface area contributed by atoms with Crippen molar-refractivity contribution in [2.45, 2.75) is 33.2 Å². The fraction of sp³-hybridized carbons (Fsp3) is 0.727. The van der Waals surface area contributed by atoms with Gasteiger partial charge in [-0.1, -0.05) is 12.8 Å². The first kappa shape index (κ1) is 10.3. The van der Waals surface area contributed by atoms with Gasteiger partial charge >= 0.3 is 0 Å². The number of carbonyl (C=O) groups is 1. The van der Waals surface area contributed by atoms with Gasteiger partial charge < -0.3 is 0 Å². The van der Waals surface area contributed by atoms with Crippen molar-refractivity contribution < 1.29 is 4.79 Å². The minimum Gasteiger partial charge on any atom is -0.299 e. The number of hydrogen-bond donors (Lipinski definition) is 0. The minimum absolute atomic E-state index is 0.174. The van der Waals surface area contributed by atoms with Crippen molar-refractivity contribution in [3.8, 4) is 11.8 Å². The third kappa shape index (κ3) is 2.32. The van der Waals surface area contributed by atoms with Crippen molar-refractivity contribution in [2.75, 3.05) is 13.1 Å². The lowest BCUT2D eigenvalue weighted by Gasteiger charge is -2.35. The summed E-state index contributed by atoms with van der Waals surface area (Å²) in [7, 11) is 0. The van der Waals surface area contributed by atoms with Crippen LogP contribution in [-0.2, 0) is 4.79 Å². The maximum Gasteiger partial charge on any atom is 0.138 e. The molecule has 0 N–H and O–H groups in total. The number of nitrogens with zero attached hydrogens (tertiary/aromatic N) is 1. The Morgan fingerprint density at radius 1 is 1.54 bits per heavy atom. The Morgan fingerprint density at radius 3 is 2.85 bits per heavy atom. The number of ketones is 1. The molecule has 1 rings (SSSR count). The highest BCUT2D eigenvalue weighted by Gasteiger charge is 2.29. The van der Waals surface area contributed by atoms with Crippen LogP contribution in [0.15, 0.2) is 0 Å². The molecule has 0 aromatic rings. The van der Waals surface area contributed by atoms with Crippen LogP contribution < -0.4 is 0 Å². The molecule has 0 spiro atoms. The lowest BCUT2D eigenvalue weighted by molar-refractivity contribution is -0.127. The Balaban J connectivity index is 2.56. The van der Waals surface area contributed by atoms with Crippen molar-refractivity contribution in [3.63, 3.8) is 0 Å². The van der Waals surface area contributed by atoms with Gasteiger partial charge in [-0.3, -0.25) is 9.69 Å². The molecule has 0 aromatic heterocycles. The van der Waals surface area contributed by atoms with Gasteiger partial charge in [0.1, 0.15) is 5.78 Å². The highest BCUT2D eigenvalue weighted by atomic mass is 16.1. The van der Waals surface area contributed by atoms with Gasteiger partial charge in [-0.15, -0.1) is 5.92 Å². The number of Topliss-reactive ketones (excluding diaryl/α,β-unsaturated/α-hetero) is 1. The van der Waals surface area contributed by atoms with E-state index in [1.807, 2.05) is 13.8 Å². The zero-order valence-corrected chi connectivity index (χ0v) is 8.63. The molecule has 72 valence electrons. The molecular formula is C11H17NO. The Morgan fingerprint density at radius 2 is 2.23 bits per heavy atom. The fourth-order valence-electron chi connectivity index (χ4n) is 1.67. The first-order chi connectivity index (χ1) is 6.16. The molecule has 1 aliphatic rings. The summed E-state index contributed by atoms with van der Waals surface area (Å²) in [5.41, 5.74) is 0. The van der Waals surface area contributed by atoms with Crippen LogP contribution in [0.25, 0.3) is 0 Å². The number of hydrogen-bond acceptors (Lipinski definition) is 2. The molecule has 0 bridgehead atoms. The molecule has 1 fully saturated rings. The first-order valence-electron chi connectivity index (χ1n) is 4.83. The smallest absolute Gasteiger partial charge is 0.138 e. The summed E-state index contributed by atoms with van der Waals surface area (Å²) in [6, 6.07) is 0.349. The molecule has 0 saturated carbocycles. The van der Waals surface area contributed by atoms with Crippen molar-refractivity contribution in [1.82, 2.24) is 4.90 Å². The molecule has 0 amide bonds. The van der Waals surface area contributed by atoms with Crippen LogP contribution in [0.5, 0.6) is 0 Å². The first-order valence-corrected chi connectivity index (χ1v) is 4.83. The Kier molecular flexibility index (Phi) is 3.50. The zero-order chi connectivity index (χ0) is 9.84. The summed E-state index contributed by atoms with van der Waals surface area (Å²) < 4.78 is 0. The number of rotatable bonds is 1. The van der Waals surface area contributed by atoms with E-state index in [2.05, 4.69) is 23.7 Å². The van der Waals surface area contributed by atoms with Crippen molar-refractivity contribution in [2.24, 2.45) is 5.92 Å². The fourth-order valence-corrected chi connectivity index (χ4v) is 1.67. The molecule has 0 aliphatic carbocycles. The van der Waals surface area contributed by atoms with E-state index < -0.39 is 0 Å². The van der Waals surface area contributed by atoms with Gasteiger partial charge in [0.05, 0.1) is 6.54 Å². The lowest BCUT2D eigenvalue weighted by Crippen LogP contribution is -2.46. The Bertz CT molecular complexity index is 249. The Hall–Kier alpha value is -0.810. The maximum atomic E-state index is 11.4. The van der Waals surface area contributed by atoms with Gasteiger partial charge in [-0.2, -0.15) is 0 Å². The number of piperidine rings is 1. The number of carbonyl (C=O) groups excluding carboxylic acids is 1.